The van der Waals surface area contributed by atoms with E-state index in [2.05, 4.69) is 5.32 Å². The molecule has 0 unspecified atom stereocenters. The van der Waals surface area contributed by atoms with Crippen LogP contribution in [0.1, 0.15) is 20.1 Å². The van der Waals surface area contributed by atoms with Crippen LogP contribution in [-0.2, 0) is 0 Å². The van der Waals surface area contributed by atoms with Gasteiger partial charge in [-0.2, -0.15) is 0 Å². The molecule has 0 aliphatic rings. The summed E-state index contributed by atoms with van der Waals surface area (Å²) in [5.74, 6) is 0.853. The number of anilines is 2. The lowest BCUT2D eigenvalue weighted by Crippen LogP contribution is -2.12. The minimum atomic E-state index is -0.185. The lowest BCUT2D eigenvalue weighted by atomic mass is 10.2. The van der Waals surface area contributed by atoms with E-state index in [1.54, 1.807) is 12.1 Å². The molecule has 0 aliphatic carbocycles. The Labute approximate surface area is 127 Å². The highest BCUT2D eigenvalue weighted by Crippen LogP contribution is 2.35. The Morgan fingerprint density at radius 2 is 1.76 bits per heavy atom. The predicted octanol–water partition coefficient (Wildman–Crippen LogP) is 3.22. The first-order valence-electron chi connectivity index (χ1n) is 6.36. The molecule has 1 aromatic carbocycles. The molecule has 0 spiro atoms. The second kappa shape index (κ2) is 6.05. The van der Waals surface area contributed by atoms with E-state index in [9.17, 15) is 4.79 Å². The van der Waals surface area contributed by atoms with Crippen LogP contribution in [0, 0.1) is 13.8 Å². The number of nitrogen functional groups attached to an aromatic ring is 1. The van der Waals surface area contributed by atoms with Crippen LogP contribution in [0.5, 0.6) is 11.5 Å². The quantitative estimate of drug-likeness (QED) is 0.851. The van der Waals surface area contributed by atoms with Crippen molar-refractivity contribution in [2.75, 3.05) is 25.3 Å². The van der Waals surface area contributed by atoms with E-state index in [0.29, 0.717) is 27.8 Å². The Morgan fingerprint density at radius 3 is 2.29 bits per heavy atom. The zero-order valence-electron chi connectivity index (χ0n) is 12.4. The molecule has 0 saturated carbocycles. The van der Waals surface area contributed by atoms with E-state index in [1.807, 2.05) is 19.9 Å². The number of benzene rings is 1. The van der Waals surface area contributed by atoms with Gasteiger partial charge in [0, 0.05) is 17.0 Å². The molecule has 1 heterocycles. The summed E-state index contributed by atoms with van der Waals surface area (Å²) in [6.07, 6.45) is 0. The Hall–Kier alpha value is -2.21. The molecule has 2 rings (SSSR count). The second-order valence-corrected chi connectivity index (χ2v) is 5.85. The number of rotatable bonds is 4. The number of ether oxygens (including phenoxy) is 2. The van der Waals surface area contributed by atoms with Gasteiger partial charge < -0.3 is 20.5 Å². The molecule has 5 nitrogen and oxygen atoms in total. The fourth-order valence-corrected chi connectivity index (χ4v) is 2.80. The van der Waals surface area contributed by atoms with Crippen molar-refractivity contribution in [2.45, 2.75) is 13.8 Å². The smallest absolute Gasteiger partial charge is 0.265 e. The van der Waals surface area contributed by atoms with E-state index in [1.165, 1.54) is 25.6 Å². The maximum absolute atomic E-state index is 12.3. The van der Waals surface area contributed by atoms with Gasteiger partial charge in [-0.25, -0.2) is 0 Å². The van der Waals surface area contributed by atoms with Gasteiger partial charge in [0.15, 0.2) is 11.5 Å². The van der Waals surface area contributed by atoms with E-state index in [0.717, 1.165) is 10.4 Å². The molecule has 0 fully saturated rings. The average molecular weight is 306 g/mol. The maximum Gasteiger partial charge on any atom is 0.265 e. The van der Waals surface area contributed by atoms with Crippen LogP contribution in [0.15, 0.2) is 18.2 Å². The highest BCUT2D eigenvalue weighted by molar-refractivity contribution is 7.14. The third-order valence-corrected chi connectivity index (χ3v) is 4.34. The van der Waals surface area contributed by atoms with Gasteiger partial charge in [0.25, 0.3) is 5.91 Å². The zero-order chi connectivity index (χ0) is 15.6. The Kier molecular flexibility index (Phi) is 4.37. The minimum absolute atomic E-state index is 0.185. The number of carbonyl (C=O) groups excluding carboxylic acids is 1. The molecule has 0 atom stereocenters. The summed E-state index contributed by atoms with van der Waals surface area (Å²) in [4.78, 5) is 14.0. The first-order chi connectivity index (χ1) is 9.96. The van der Waals surface area contributed by atoms with Crippen molar-refractivity contribution in [3.05, 3.63) is 33.5 Å². The van der Waals surface area contributed by atoms with Crippen molar-refractivity contribution in [2.24, 2.45) is 0 Å². The van der Waals surface area contributed by atoms with Crippen LogP contribution < -0.4 is 20.5 Å². The minimum Gasteiger partial charge on any atom is -0.493 e. The molecule has 6 heteroatoms. The van der Waals surface area contributed by atoms with Crippen LogP contribution in [-0.4, -0.2) is 20.1 Å². The monoisotopic (exact) mass is 306 g/mol. The van der Waals surface area contributed by atoms with Gasteiger partial charge in [-0.3, -0.25) is 4.79 Å². The number of amides is 1. The summed E-state index contributed by atoms with van der Waals surface area (Å²) in [5, 5.41) is 2.80. The van der Waals surface area contributed by atoms with E-state index in [4.69, 9.17) is 15.2 Å². The van der Waals surface area contributed by atoms with Gasteiger partial charge in [0.05, 0.1) is 30.5 Å². The third-order valence-electron chi connectivity index (χ3n) is 3.19. The van der Waals surface area contributed by atoms with E-state index in [-0.39, 0.29) is 5.91 Å². The van der Waals surface area contributed by atoms with Gasteiger partial charge in [0.1, 0.15) is 0 Å². The van der Waals surface area contributed by atoms with Crippen molar-refractivity contribution in [1.82, 2.24) is 0 Å². The number of hydrogen-bond acceptors (Lipinski definition) is 5. The third kappa shape index (κ3) is 3.11. The second-order valence-electron chi connectivity index (χ2n) is 4.60. The number of methoxy groups -OCH3 is 2. The van der Waals surface area contributed by atoms with Gasteiger partial charge in [-0.15, -0.1) is 11.3 Å². The fourth-order valence-electron chi connectivity index (χ4n) is 1.87. The van der Waals surface area contributed by atoms with Crippen molar-refractivity contribution in [3.63, 3.8) is 0 Å². The summed E-state index contributed by atoms with van der Waals surface area (Å²) in [6.45, 7) is 3.97. The van der Waals surface area contributed by atoms with Crippen molar-refractivity contribution >= 4 is 28.6 Å². The van der Waals surface area contributed by atoms with Crippen LogP contribution >= 0.6 is 11.3 Å². The SMILES string of the molecule is COc1cc(N)c(NC(=O)c2cc(C)c(C)s2)cc1OC. The molecule has 0 aliphatic heterocycles. The lowest BCUT2D eigenvalue weighted by Gasteiger charge is -2.13. The topological polar surface area (TPSA) is 73.6 Å². The maximum atomic E-state index is 12.3. The molecule has 112 valence electrons. The molecule has 1 amide bonds. The Morgan fingerprint density at radius 1 is 1.14 bits per heavy atom. The number of hydrogen-bond donors (Lipinski definition) is 2. The normalized spacial score (nSPS) is 10.3. The molecular weight excluding hydrogens is 288 g/mol. The van der Waals surface area contributed by atoms with Crippen LogP contribution in [0.4, 0.5) is 11.4 Å². The number of carbonyl (C=O) groups is 1. The summed E-state index contributed by atoms with van der Waals surface area (Å²) >= 11 is 1.46. The van der Waals surface area contributed by atoms with Crippen LogP contribution in [0.3, 0.4) is 0 Å². The van der Waals surface area contributed by atoms with Crippen molar-refractivity contribution in [1.29, 1.82) is 0 Å². The highest BCUT2D eigenvalue weighted by Gasteiger charge is 2.14. The number of nitrogens with one attached hydrogen (secondary N) is 1. The van der Waals surface area contributed by atoms with Crippen LogP contribution in [0.2, 0.25) is 0 Å². The van der Waals surface area contributed by atoms with Gasteiger partial charge >= 0.3 is 0 Å². The first-order valence-corrected chi connectivity index (χ1v) is 7.17. The molecule has 0 radical (unpaired) electrons. The molecule has 3 N–H and O–H groups in total. The van der Waals surface area contributed by atoms with E-state index < -0.39 is 0 Å². The lowest BCUT2D eigenvalue weighted by molar-refractivity contribution is 0.103. The molecule has 0 bridgehead atoms. The standard InChI is InChI=1S/C15H18N2O3S/c1-8-5-14(21-9(8)2)15(18)17-11-7-13(20-4)12(19-3)6-10(11)16/h5-7H,16H2,1-4H3,(H,17,18). The fraction of sp³-hybridized carbons (Fsp3) is 0.267. The number of thiophene rings is 1. The van der Waals surface area contributed by atoms with E-state index >= 15 is 0 Å². The van der Waals surface area contributed by atoms with Gasteiger partial charge in [-0.05, 0) is 25.5 Å². The van der Waals surface area contributed by atoms with Crippen molar-refractivity contribution < 1.29 is 14.3 Å². The molecule has 21 heavy (non-hydrogen) atoms. The average Bonchev–Trinajstić information content (AvgIpc) is 2.80. The first kappa shape index (κ1) is 15.2. The molecule has 2 aromatic rings. The van der Waals surface area contributed by atoms with Gasteiger partial charge in [-0.1, -0.05) is 0 Å². The number of aryl methyl sites for hydroxylation is 2. The summed E-state index contributed by atoms with van der Waals surface area (Å²) in [7, 11) is 3.07. The Balaban J connectivity index is 2.28. The summed E-state index contributed by atoms with van der Waals surface area (Å²) in [6, 6.07) is 5.14. The predicted molar refractivity (Wildman–Crippen MR) is 85.7 cm³/mol. The number of nitrogens with two attached hydrogens (primary N) is 1. The largest absolute Gasteiger partial charge is 0.493 e. The Bertz CT molecular complexity index is 660. The molecular formula is C15H18N2O3S. The molecule has 1 aromatic heterocycles. The zero-order valence-corrected chi connectivity index (χ0v) is 13.3. The van der Waals surface area contributed by atoms with Crippen molar-refractivity contribution in [3.8, 4) is 11.5 Å². The van der Waals surface area contributed by atoms with Crippen LogP contribution in [0.25, 0.3) is 0 Å². The highest BCUT2D eigenvalue weighted by atomic mass is 32.1. The summed E-state index contributed by atoms with van der Waals surface area (Å²) < 4.78 is 10.4. The van der Waals surface area contributed by atoms with Gasteiger partial charge in [0.2, 0.25) is 0 Å². The summed E-state index contributed by atoms with van der Waals surface area (Å²) in [5.41, 5.74) is 7.96. The molecule has 0 saturated heterocycles.